The summed E-state index contributed by atoms with van der Waals surface area (Å²) in [6.07, 6.45) is 18.4. The molecule has 6 heterocycles. The molecule has 3 radical (unpaired) electrons. The quantitative estimate of drug-likeness (QED) is 0.106. The van der Waals surface area contributed by atoms with E-state index in [2.05, 4.69) is 272 Å². The number of nitrogens with zero attached hydrogens (tertiary/aromatic N) is 6. The Balaban J connectivity index is 0.000000170. The van der Waals surface area contributed by atoms with Gasteiger partial charge in [-0.15, -0.1) is 179 Å². The number of fused-ring (bicyclic) bond motifs is 18. The maximum Gasteiger partial charge on any atom is 0.0352 e. The molecule has 3 fully saturated rings. The predicted molar refractivity (Wildman–Crippen MR) is 616 cm³/mol. The molecule has 6 nitrogen and oxygen atoms in total. The third-order valence-electron chi connectivity index (χ3n) is 28.0. The van der Waals surface area contributed by atoms with Gasteiger partial charge in [0.1, 0.15) is 0 Å². The van der Waals surface area contributed by atoms with Crippen LogP contribution in [0.2, 0.25) is 0 Å². The average molecular weight is 2480 g/mol. The molecule has 0 atom stereocenters. The van der Waals surface area contributed by atoms with Crippen molar-refractivity contribution < 1.29 is 89.1 Å². The van der Waals surface area contributed by atoms with Gasteiger partial charge in [-0.25, -0.2) is 0 Å². The molecule has 0 saturated heterocycles. The van der Waals surface area contributed by atoms with Crippen molar-refractivity contribution in [3.05, 3.63) is 432 Å². The molecule has 0 aliphatic heterocycles. The van der Waals surface area contributed by atoms with Crippen LogP contribution >= 0.6 is 0 Å². The van der Waals surface area contributed by atoms with Gasteiger partial charge < -0.3 is 29.9 Å². The third-order valence-corrected chi connectivity index (χ3v) is 28.0. The van der Waals surface area contributed by atoms with Crippen molar-refractivity contribution in [3.8, 4) is 67.5 Å². The Hall–Kier alpha value is -12.5. The van der Waals surface area contributed by atoms with Gasteiger partial charge in [-0.3, -0.25) is 0 Å². The maximum atomic E-state index is 9.69. The van der Waals surface area contributed by atoms with E-state index in [1.54, 1.807) is 39.0 Å². The Morgan fingerprint density at radius 3 is 0.741 bits per heavy atom. The van der Waals surface area contributed by atoms with Crippen molar-refractivity contribution >= 4 is 97.0 Å². The first-order valence-electron chi connectivity index (χ1n) is 59.2. The van der Waals surface area contributed by atoms with Crippen LogP contribution in [0.3, 0.4) is 0 Å². The molecule has 0 amide bonds. The molecule has 3 aliphatic rings. The van der Waals surface area contributed by atoms with E-state index in [0.717, 1.165) is 149 Å². The van der Waals surface area contributed by atoms with Gasteiger partial charge in [-0.05, 0) is 286 Å². The molecule has 24 rings (SSSR count). The standard InChI is InChI=1S/C34H34N.C32H30N.C30H26N.3C13H12N.3CH4.3Ir/c1-22-20-35-32(17-30(22)24-18-33(2,3)21-34(4,5)19-24)23-14-15-29-27-12-7-6-10-25(27)26-11-8-9-13-28(26)31(29)16-23;1-21-20-33-31(19-29(21)22-14-16-32(2,3)17-15-22)23-12-13-28-26-10-5-4-8-24(26)25-9-6-7-11-27(25)30(28)18-23;1-20-19-31-30(18-28(20)21-9-3-2-4-10-21)22-15-16-27-25-13-6-5-11-23(25)24-12-7-8-14-26(24)29(27)17-22;3*1-10-8-13(14-9-11(10)2)12-6-4-3-5-7-12;;;;;;/h6-13,15-17,20,24H,18-19,21H2,1-5H3;4-11,13,18-20,22H,14-17H2,1-3H3;5-8,11-14,16-19,21H,2-4,9-10H2,1H3;3*3-6,8-9H,1-2H3;3*1H4;;;/q6*-1;;;;;;/i1D3,24D;1D3,22D;1D3,21D;3*2D3;;;;;;. The molecule has 21 aromatic rings. The van der Waals surface area contributed by atoms with Crippen molar-refractivity contribution in [1.29, 1.82) is 0 Å². The molecule has 0 N–H and O–H groups in total. The van der Waals surface area contributed by atoms with E-state index >= 15 is 0 Å². The molecule has 3 saturated carbocycles. The largest absolute Gasteiger partial charge is 0.304 e. The van der Waals surface area contributed by atoms with E-state index in [1.165, 1.54) is 91.0 Å². The Morgan fingerprint density at radius 1 is 0.245 bits per heavy atom. The van der Waals surface area contributed by atoms with Gasteiger partial charge in [0, 0.05) is 126 Å². The van der Waals surface area contributed by atoms with Crippen LogP contribution in [-0.4, -0.2) is 29.9 Å². The van der Waals surface area contributed by atoms with E-state index in [1.807, 2.05) is 109 Å². The predicted octanol–water partition coefficient (Wildman–Crippen LogP) is 38.4. The molecule has 753 valence electrons. The number of pyridine rings is 6. The number of hydrogen-bond acceptors (Lipinski definition) is 6. The first-order valence-corrected chi connectivity index (χ1v) is 48.7. The van der Waals surface area contributed by atoms with E-state index in [0.29, 0.717) is 89.0 Å². The molecule has 0 unspecified atom stereocenters. The summed E-state index contributed by atoms with van der Waals surface area (Å²) in [4.78, 5) is 26.4. The zero-order valence-electron chi connectivity index (χ0n) is 103. The second-order valence-corrected chi connectivity index (χ2v) is 40.0. The van der Waals surface area contributed by atoms with Crippen molar-refractivity contribution in [2.45, 2.75) is 220 Å². The fourth-order valence-corrected chi connectivity index (χ4v) is 21.0. The fourth-order valence-electron chi connectivity index (χ4n) is 21.0. The van der Waals surface area contributed by atoms with Gasteiger partial charge in [0.25, 0.3) is 0 Å². The van der Waals surface area contributed by atoms with Gasteiger partial charge in [0.2, 0.25) is 0 Å². The summed E-state index contributed by atoms with van der Waals surface area (Å²) in [7, 11) is 0. The molecule has 15 aromatic carbocycles. The minimum Gasteiger partial charge on any atom is -0.304 e. The molecular weight excluding hydrogens is 2320 g/mol. The van der Waals surface area contributed by atoms with Crippen molar-refractivity contribution in [3.63, 3.8) is 0 Å². The zero-order chi connectivity index (χ0) is 115. The number of benzene rings is 15. The summed E-state index contributed by atoms with van der Waals surface area (Å²) in [6, 6.07) is 116. The smallest absolute Gasteiger partial charge is 0.0352 e. The van der Waals surface area contributed by atoms with Crippen LogP contribution in [0.1, 0.15) is 254 Å². The minimum atomic E-state index is -2.34. The molecule has 3 aliphatic carbocycles. The van der Waals surface area contributed by atoms with Gasteiger partial charge >= 0.3 is 0 Å². The summed E-state index contributed by atoms with van der Waals surface area (Å²) in [5.41, 5.74) is 14.7. The van der Waals surface area contributed by atoms with Crippen LogP contribution in [0, 0.1) is 115 Å². The summed E-state index contributed by atoms with van der Waals surface area (Å²) in [5, 5.41) is 21.0. The monoisotopic (exact) mass is 2480 g/mol. The Morgan fingerprint density at radius 2 is 0.483 bits per heavy atom. The van der Waals surface area contributed by atoms with E-state index in [-0.39, 0.29) is 116 Å². The summed E-state index contributed by atoms with van der Waals surface area (Å²) < 4.78 is 168. The van der Waals surface area contributed by atoms with Gasteiger partial charge in [0.15, 0.2) is 0 Å². The van der Waals surface area contributed by atoms with E-state index in [4.69, 9.17) is 24.7 Å². The Bertz CT molecular complexity index is 8760. The van der Waals surface area contributed by atoms with E-state index in [9.17, 15) is 4.11 Å². The summed E-state index contributed by atoms with van der Waals surface area (Å²) in [6.45, 7) is 5.34. The molecule has 9 heteroatoms. The Kier molecular flexibility index (Phi) is 28.5. The second-order valence-electron chi connectivity index (χ2n) is 40.0. The van der Waals surface area contributed by atoms with Gasteiger partial charge in [-0.1, -0.05) is 330 Å². The second kappa shape index (κ2) is 49.1. The SMILES string of the molecule is C.C.C.[2H]C([2H])([2H])c1cnc(-c2[c-]cc3c4ccccc4c4ccccc4c3c2)cc1C1([2H])CC(C)(C)CC(C)(C)C1.[2H]C([2H])([2H])c1cnc(-c2[c-]cc3c4ccccc4c4ccccc4c3c2)cc1C1([2H])CCC(C)(C)CC1.[2H]C([2H])([2H])c1cnc(-c2[c-]cc3c4ccccc4c4ccccc4c3c2)cc1C1([2H])CCCCC1.[2H]C([2H])([2H])c1cnc(-c2[c-]cccc2)cc1C.[2H]C([2H])([2H])c1cnc(-c2[c-]cccc2)cc1C.[2H]C([2H])([2H])c1cnc(-c2[c-]cccc2)cc1C.[Ir].[Ir].[Ir]. The first kappa shape index (κ1) is 85.4. The van der Waals surface area contributed by atoms with Gasteiger partial charge in [-0.2, -0.15) is 0 Å². The third kappa shape index (κ3) is 25.2. The van der Waals surface area contributed by atoms with Gasteiger partial charge in [0.05, 0.1) is 0 Å². The molecule has 0 spiro atoms. The molecule has 147 heavy (non-hydrogen) atoms. The molecule has 6 aromatic heterocycles. The first-order chi connectivity index (χ1) is 76.6. The normalized spacial score (nSPS) is 17.3. The van der Waals surface area contributed by atoms with Crippen molar-refractivity contribution in [2.24, 2.45) is 16.2 Å². The fraction of sp³-hybridized carbons (Fsp3) is 0.261. The van der Waals surface area contributed by atoms with Crippen LogP contribution in [0.4, 0.5) is 0 Å². The topological polar surface area (TPSA) is 77.3 Å². The minimum absolute atomic E-state index is 0. The van der Waals surface area contributed by atoms with Crippen LogP contribution in [0.5, 0.6) is 0 Å². The number of aryl methyl sites for hydroxylation is 9. The number of hydrogen-bond donors (Lipinski definition) is 0. The van der Waals surface area contributed by atoms with E-state index < -0.39 is 58.8 Å². The number of rotatable bonds is 9. The van der Waals surface area contributed by atoms with Crippen LogP contribution < -0.4 is 0 Å². The number of aromatic nitrogens is 6. The van der Waals surface area contributed by atoms with Crippen molar-refractivity contribution in [2.75, 3.05) is 0 Å². The molecular formula is C138H138Ir3N6-6. The average Bonchev–Trinajstić information content (AvgIpc) is 0.736. The Labute approximate surface area is 945 Å². The maximum absolute atomic E-state index is 9.69. The van der Waals surface area contributed by atoms with Crippen LogP contribution in [0.15, 0.2) is 328 Å². The van der Waals surface area contributed by atoms with Crippen LogP contribution in [-0.2, 0) is 60.3 Å². The summed E-state index contributed by atoms with van der Waals surface area (Å²) >= 11 is 0. The zero-order valence-corrected chi connectivity index (χ0v) is 89.5. The summed E-state index contributed by atoms with van der Waals surface area (Å²) in [5.74, 6) is -2.84. The van der Waals surface area contributed by atoms with Crippen molar-refractivity contribution in [1.82, 2.24) is 29.9 Å². The molecule has 0 bridgehead atoms. The van der Waals surface area contributed by atoms with Crippen LogP contribution in [0.25, 0.3) is 164 Å².